The topological polar surface area (TPSA) is 62.1 Å². The smallest absolute Gasteiger partial charge is 0.163 e. The van der Waals surface area contributed by atoms with Gasteiger partial charge in [-0.1, -0.05) is 23.7 Å². The summed E-state index contributed by atoms with van der Waals surface area (Å²) < 4.78 is 14.4. The van der Waals surface area contributed by atoms with Gasteiger partial charge < -0.3 is 10.0 Å². The van der Waals surface area contributed by atoms with Crippen LogP contribution in [0.5, 0.6) is 0 Å². The molecule has 7 heteroatoms. The fraction of sp³-hybridized carbons (Fsp3) is 0.286. The number of aromatic nitrogens is 3. The van der Waals surface area contributed by atoms with E-state index in [2.05, 4.69) is 9.97 Å². The maximum Gasteiger partial charge on any atom is 0.163 e. The highest BCUT2D eigenvalue weighted by Gasteiger charge is 2.29. The first-order chi connectivity index (χ1) is 13.6. The average Bonchev–Trinajstić information content (AvgIpc) is 2.74. The van der Waals surface area contributed by atoms with E-state index in [1.807, 2.05) is 47.4 Å². The number of aliphatic hydroxyl groups is 1. The lowest BCUT2D eigenvalue weighted by Crippen LogP contribution is -2.43. The van der Waals surface area contributed by atoms with E-state index in [1.54, 1.807) is 12.4 Å². The molecular weight excluding hydrogens is 379 g/mol. The lowest BCUT2D eigenvalue weighted by molar-refractivity contribution is 0.120. The van der Waals surface area contributed by atoms with Crippen molar-refractivity contribution < 1.29 is 9.50 Å². The summed E-state index contributed by atoms with van der Waals surface area (Å²) in [6.45, 7) is 0.708. The number of hydrogen-bond donors (Lipinski definition) is 1. The summed E-state index contributed by atoms with van der Waals surface area (Å²) >= 11 is 6.01. The average molecular weight is 399 g/mol. The monoisotopic (exact) mass is 398 g/mol. The Morgan fingerprint density at radius 1 is 1.14 bits per heavy atom. The molecule has 1 saturated heterocycles. The molecule has 0 bridgehead atoms. The van der Waals surface area contributed by atoms with Crippen LogP contribution in [0.4, 0.5) is 10.2 Å². The molecule has 0 saturated carbocycles. The van der Waals surface area contributed by atoms with Crippen molar-refractivity contribution >= 4 is 17.4 Å². The zero-order valence-electron chi connectivity index (χ0n) is 15.2. The molecule has 0 unspecified atom stereocenters. The number of halogens is 2. The van der Waals surface area contributed by atoms with Gasteiger partial charge in [0.15, 0.2) is 5.82 Å². The van der Waals surface area contributed by atoms with Gasteiger partial charge in [0.1, 0.15) is 12.0 Å². The minimum atomic E-state index is -1.09. The Hall–Kier alpha value is -2.57. The second-order valence-electron chi connectivity index (χ2n) is 6.88. The molecule has 1 aliphatic rings. The third-order valence-electron chi connectivity index (χ3n) is 5.01. The van der Waals surface area contributed by atoms with E-state index < -0.39 is 6.17 Å². The van der Waals surface area contributed by atoms with Gasteiger partial charge in [-0.15, -0.1) is 0 Å². The van der Waals surface area contributed by atoms with Gasteiger partial charge in [-0.3, -0.25) is 4.98 Å². The maximum atomic E-state index is 14.4. The van der Waals surface area contributed by atoms with Gasteiger partial charge in [0, 0.05) is 53.7 Å². The van der Waals surface area contributed by atoms with E-state index in [9.17, 15) is 9.50 Å². The fourth-order valence-corrected chi connectivity index (χ4v) is 3.48. The van der Waals surface area contributed by atoms with E-state index in [1.165, 1.54) is 0 Å². The van der Waals surface area contributed by atoms with Gasteiger partial charge >= 0.3 is 0 Å². The van der Waals surface area contributed by atoms with E-state index >= 15 is 0 Å². The molecule has 0 aliphatic carbocycles. The van der Waals surface area contributed by atoms with E-state index in [0.29, 0.717) is 29.6 Å². The van der Waals surface area contributed by atoms with Crippen LogP contribution < -0.4 is 4.90 Å². The van der Waals surface area contributed by atoms with Crippen molar-refractivity contribution in [1.82, 2.24) is 15.0 Å². The van der Waals surface area contributed by atoms with Crippen LogP contribution in [0.3, 0.4) is 0 Å². The van der Waals surface area contributed by atoms with E-state index in [0.717, 1.165) is 16.8 Å². The molecule has 4 rings (SSSR count). The molecule has 144 valence electrons. The maximum absolute atomic E-state index is 14.4. The molecule has 5 nitrogen and oxygen atoms in total. The highest BCUT2D eigenvalue weighted by Crippen LogP contribution is 2.29. The molecule has 3 heterocycles. The largest absolute Gasteiger partial charge is 0.396 e. The second-order valence-corrected chi connectivity index (χ2v) is 7.31. The van der Waals surface area contributed by atoms with Gasteiger partial charge in [-0.2, -0.15) is 0 Å². The van der Waals surface area contributed by atoms with Gasteiger partial charge in [0.25, 0.3) is 0 Å². The zero-order valence-corrected chi connectivity index (χ0v) is 15.9. The lowest BCUT2D eigenvalue weighted by atomic mass is 9.96. The molecule has 1 aliphatic heterocycles. The van der Waals surface area contributed by atoms with Gasteiger partial charge in [0.05, 0.1) is 12.2 Å². The Balaban J connectivity index is 1.75. The van der Waals surface area contributed by atoms with Crippen LogP contribution in [0.2, 0.25) is 5.02 Å². The van der Waals surface area contributed by atoms with Crippen LogP contribution in [-0.2, 0) is 0 Å². The Bertz CT molecular complexity index is 939. The number of pyridine rings is 1. The third kappa shape index (κ3) is 3.98. The summed E-state index contributed by atoms with van der Waals surface area (Å²) in [4.78, 5) is 15.4. The SMILES string of the molecule is OC[C@H]1CCN(c2cc(-c3ccc(Cl)cc3)nc(-c3cccnc3)n2)C[C@H]1F. The number of hydrogen-bond acceptors (Lipinski definition) is 5. The highest BCUT2D eigenvalue weighted by molar-refractivity contribution is 6.30. The van der Waals surface area contributed by atoms with Gasteiger partial charge in [0.2, 0.25) is 0 Å². The summed E-state index contributed by atoms with van der Waals surface area (Å²) in [6, 6.07) is 13.0. The lowest BCUT2D eigenvalue weighted by Gasteiger charge is -2.34. The van der Waals surface area contributed by atoms with E-state index in [-0.39, 0.29) is 19.1 Å². The fourth-order valence-electron chi connectivity index (χ4n) is 3.36. The molecular formula is C21H20ClFN4O. The van der Waals surface area contributed by atoms with Crippen molar-refractivity contribution in [1.29, 1.82) is 0 Å². The summed E-state index contributed by atoms with van der Waals surface area (Å²) in [5, 5.41) is 9.97. The van der Waals surface area contributed by atoms with Crippen LogP contribution >= 0.6 is 11.6 Å². The Morgan fingerprint density at radius 2 is 1.96 bits per heavy atom. The first kappa shape index (κ1) is 18.8. The summed E-state index contributed by atoms with van der Waals surface area (Å²) in [5.74, 6) is 0.889. The number of anilines is 1. The number of piperidine rings is 1. The standard InChI is InChI=1S/C21H20ClFN4O/c22-17-5-3-14(4-6-17)19-10-20(27-9-7-16(13-28)18(23)12-27)26-21(25-19)15-2-1-8-24-11-15/h1-6,8,10-11,16,18,28H,7,9,12-13H2/t16-,18-/m1/s1. The van der Waals surface area contributed by atoms with Crippen molar-refractivity contribution in [2.24, 2.45) is 5.92 Å². The zero-order chi connectivity index (χ0) is 19.5. The normalized spacial score (nSPS) is 19.6. The molecule has 2 atom stereocenters. The molecule has 2 aromatic heterocycles. The van der Waals surface area contributed by atoms with E-state index in [4.69, 9.17) is 16.6 Å². The van der Waals surface area contributed by atoms with Crippen molar-refractivity contribution in [3.8, 4) is 22.6 Å². The van der Waals surface area contributed by atoms with Crippen LogP contribution in [-0.4, -0.2) is 45.9 Å². The van der Waals surface area contributed by atoms with Crippen LogP contribution in [0, 0.1) is 5.92 Å². The summed E-state index contributed by atoms with van der Waals surface area (Å²) in [6.07, 6.45) is 2.90. The molecule has 1 aromatic carbocycles. The molecule has 1 N–H and O–H groups in total. The minimum Gasteiger partial charge on any atom is -0.396 e. The first-order valence-corrected chi connectivity index (χ1v) is 9.57. The second kappa shape index (κ2) is 8.20. The predicted octanol–water partition coefficient (Wildman–Crippen LogP) is 4.02. The first-order valence-electron chi connectivity index (χ1n) is 9.19. The quantitative estimate of drug-likeness (QED) is 0.719. The summed E-state index contributed by atoms with van der Waals surface area (Å²) in [5.41, 5.74) is 2.43. The van der Waals surface area contributed by atoms with Crippen LogP contribution in [0.15, 0.2) is 54.9 Å². The minimum absolute atomic E-state index is 0.129. The van der Waals surface area contributed by atoms with Crippen molar-refractivity contribution in [3.63, 3.8) is 0 Å². The molecule has 1 fully saturated rings. The molecule has 28 heavy (non-hydrogen) atoms. The van der Waals surface area contributed by atoms with Crippen LogP contribution in [0.1, 0.15) is 6.42 Å². The van der Waals surface area contributed by atoms with Crippen molar-refractivity contribution in [3.05, 3.63) is 59.9 Å². The Labute approximate surface area is 167 Å². The molecule has 0 spiro atoms. The van der Waals surface area contributed by atoms with Crippen molar-refractivity contribution in [2.45, 2.75) is 12.6 Å². The van der Waals surface area contributed by atoms with Crippen molar-refractivity contribution in [2.75, 3.05) is 24.6 Å². The Morgan fingerprint density at radius 3 is 2.64 bits per heavy atom. The summed E-state index contributed by atoms with van der Waals surface area (Å²) in [7, 11) is 0. The van der Waals surface area contributed by atoms with Gasteiger partial charge in [-0.25, -0.2) is 14.4 Å². The number of nitrogens with zero attached hydrogens (tertiary/aromatic N) is 4. The predicted molar refractivity (Wildman–Crippen MR) is 108 cm³/mol. The molecule has 0 amide bonds. The number of benzene rings is 1. The number of aliphatic hydroxyl groups excluding tert-OH is 1. The van der Waals surface area contributed by atoms with Crippen LogP contribution in [0.25, 0.3) is 22.6 Å². The number of alkyl halides is 1. The Kier molecular flexibility index (Phi) is 5.50. The molecule has 3 aromatic rings. The number of rotatable bonds is 4. The molecule has 0 radical (unpaired) electrons. The van der Waals surface area contributed by atoms with Gasteiger partial charge in [-0.05, 0) is 30.7 Å². The third-order valence-corrected chi connectivity index (χ3v) is 5.26. The highest BCUT2D eigenvalue weighted by atomic mass is 35.5.